The van der Waals surface area contributed by atoms with E-state index in [9.17, 15) is 8.42 Å². The van der Waals surface area contributed by atoms with Crippen molar-refractivity contribution in [3.8, 4) is 5.75 Å². The van der Waals surface area contributed by atoms with Crippen molar-refractivity contribution >= 4 is 19.7 Å². The van der Waals surface area contributed by atoms with Crippen LogP contribution in [-0.4, -0.2) is 15.5 Å². The molecule has 0 fully saturated rings. The lowest BCUT2D eigenvalue weighted by atomic mass is 10.1. The average molecular weight is 235 g/mol. The second-order valence-corrected chi connectivity index (χ2v) is 5.48. The van der Waals surface area contributed by atoms with Gasteiger partial charge in [-0.05, 0) is 25.5 Å². The summed E-state index contributed by atoms with van der Waals surface area (Å²) in [5.74, 6) is 0.523. The van der Waals surface area contributed by atoms with Gasteiger partial charge in [-0.2, -0.15) is 0 Å². The molecule has 1 rings (SSSR count). The first-order valence-corrected chi connectivity index (χ1v) is 6.27. The molecular formula is C9H11ClO3S. The highest BCUT2D eigenvalue weighted by atomic mass is 35.7. The van der Waals surface area contributed by atoms with Gasteiger partial charge in [0.25, 0.3) is 9.05 Å². The van der Waals surface area contributed by atoms with Gasteiger partial charge in [-0.3, -0.25) is 0 Å². The van der Waals surface area contributed by atoms with Gasteiger partial charge in [0.15, 0.2) is 0 Å². The van der Waals surface area contributed by atoms with Crippen molar-refractivity contribution in [1.82, 2.24) is 0 Å². The fourth-order valence-electron chi connectivity index (χ4n) is 1.41. The van der Waals surface area contributed by atoms with E-state index in [1.54, 1.807) is 26.0 Å². The average Bonchev–Trinajstić information content (AvgIpc) is 2.02. The Kier molecular flexibility index (Phi) is 3.07. The third kappa shape index (κ3) is 2.01. The Labute approximate surface area is 88.1 Å². The molecule has 0 spiro atoms. The minimum absolute atomic E-state index is 0.138. The van der Waals surface area contributed by atoms with E-state index in [1.165, 1.54) is 7.11 Å². The molecular weight excluding hydrogens is 224 g/mol. The van der Waals surface area contributed by atoms with Crippen molar-refractivity contribution in [2.24, 2.45) is 0 Å². The Morgan fingerprint density at radius 2 is 1.86 bits per heavy atom. The molecule has 14 heavy (non-hydrogen) atoms. The van der Waals surface area contributed by atoms with Crippen molar-refractivity contribution in [2.75, 3.05) is 7.11 Å². The summed E-state index contributed by atoms with van der Waals surface area (Å²) in [7, 11) is 3.10. The molecule has 0 unspecified atom stereocenters. The van der Waals surface area contributed by atoms with Crippen molar-refractivity contribution in [3.05, 3.63) is 23.3 Å². The van der Waals surface area contributed by atoms with Crippen LogP contribution in [0.1, 0.15) is 11.1 Å². The van der Waals surface area contributed by atoms with E-state index in [2.05, 4.69) is 0 Å². The van der Waals surface area contributed by atoms with Gasteiger partial charge >= 0.3 is 0 Å². The van der Waals surface area contributed by atoms with E-state index in [4.69, 9.17) is 15.4 Å². The summed E-state index contributed by atoms with van der Waals surface area (Å²) in [6.45, 7) is 3.36. The van der Waals surface area contributed by atoms with Gasteiger partial charge in [-0.25, -0.2) is 8.42 Å². The van der Waals surface area contributed by atoms with Crippen LogP contribution in [0.2, 0.25) is 0 Å². The molecule has 0 saturated heterocycles. The summed E-state index contributed by atoms with van der Waals surface area (Å²) in [5.41, 5.74) is 1.17. The number of aryl methyl sites for hydroxylation is 1. The van der Waals surface area contributed by atoms with E-state index in [1.807, 2.05) is 0 Å². The SMILES string of the molecule is COc1ccc(C)c(S(=O)(=O)Cl)c1C. The molecule has 0 amide bonds. The zero-order valence-corrected chi connectivity index (χ0v) is 9.74. The van der Waals surface area contributed by atoms with E-state index in [0.29, 0.717) is 16.9 Å². The van der Waals surface area contributed by atoms with Gasteiger partial charge in [-0.15, -0.1) is 0 Å². The number of halogens is 1. The standard InChI is InChI=1S/C9H11ClO3S/c1-6-4-5-8(13-3)7(2)9(6)14(10,11)12/h4-5H,1-3H3. The largest absolute Gasteiger partial charge is 0.496 e. The van der Waals surface area contributed by atoms with Crippen LogP contribution in [0.25, 0.3) is 0 Å². The van der Waals surface area contributed by atoms with Crippen molar-refractivity contribution in [3.63, 3.8) is 0 Å². The predicted octanol–water partition coefficient (Wildman–Crippen LogP) is 2.24. The summed E-state index contributed by atoms with van der Waals surface area (Å²) in [4.78, 5) is 0.138. The van der Waals surface area contributed by atoms with E-state index in [-0.39, 0.29) is 4.90 Å². The highest BCUT2D eigenvalue weighted by Crippen LogP contribution is 2.30. The Balaban J connectivity index is 3.57. The monoisotopic (exact) mass is 234 g/mol. The second kappa shape index (κ2) is 3.79. The molecule has 0 heterocycles. The lowest BCUT2D eigenvalue weighted by molar-refractivity contribution is 0.410. The number of ether oxygens (including phenoxy) is 1. The highest BCUT2D eigenvalue weighted by Gasteiger charge is 2.18. The first-order chi connectivity index (χ1) is 6.38. The first kappa shape index (κ1) is 11.3. The number of rotatable bonds is 2. The van der Waals surface area contributed by atoms with Gasteiger partial charge in [0.1, 0.15) is 5.75 Å². The quantitative estimate of drug-likeness (QED) is 0.738. The molecule has 3 nitrogen and oxygen atoms in total. The smallest absolute Gasteiger partial charge is 0.261 e. The molecule has 0 aliphatic carbocycles. The molecule has 5 heteroatoms. The fraction of sp³-hybridized carbons (Fsp3) is 0.333. The maximum absolute atomic E-state index is 11.3. The minimum Gasteiger partial charge on any atom is -0.496 e. The zero-order chi connectivity index (χ0) is 10.9. The molecule has 0 bridgehead atoms. The van der Waals surface area contributed by atoms with Crippen LogP contribution < -0.4 is 4.74 Å². The van der Waals surface area contributed by atoms with Crippen LogP contribution in [-0.2, 0) is 9.05 Å². The van der Waals surface area contributed by atoms with E-state index >= 15 is 0 Å². The van der Waals surface area contributed by atoms with E-state index in [0.717, 1.165) is 0 Å². The molecule has 0 aromatic heterocycles. The van der Waals surface area contributed by atoms with Crippen LogP contribution in [0.3, 0.4) is 0 Å². The van der Waals surface area contributed by atoms with Crippen LogP contribution >= 0.6 is 10.7 Å². The first-order valence-electron chi connectivity index (χ1n) is 3.96. The van der Waals surface area contributed by atoms with Crippen molar-refractivity contribution in [2.45, 2.75) is 18.7 Å². The molecule has 0 saturated carbocycles. The lowest BCUT2D eigenvalue weighted by Gasteiger charge is -2.10. The molecule has 1 aromatic carbocycles. The van der Waals surface area contributed by atoms with Crippen LogP contribution in [0.15, 0.2) is 17.0 Å². The molecule has 0 aliphatic heterocycles. The zero-order valence-electron chi connectivity index (χ0n) is 8.17. The maximum Gasteiger partial charge on any atom is 0.261 e. The summed E-state index contributed by atoms with van der Waals surface area (Å²) in [6, 6.07) is 3.39. The number of hydrogen-bond acceptors (Lipinski definition) is 3. The predicted molar refractivity (Wildman–Crippen MR) is 55.5 cm³/mol. The Morgan fingerprint density at radius 3 is 2.29 bits per heavy atom. The number of benzene rings is 1. The molecule has 0 aliphatic rings. The third-order valence-electron chi connectivity index (χ3n) is 2.02. The van der Waals surface area contributed by atoms with E-state index < -0.39 is 9.05 Å². The van der Waals surface area contributed by atoms with Crippen LogP contribution in [0, 0.1) is 13.8 Å². The van der Waals surface area contributed by atoms with Crippen molar-refractivity contribution < 1.29 is 13.2 Å². The Hall–Kier alpha value is -0.740. The third-order valence-corrected chi connectivity index (χ3v) is 3.60. The lowest BCUT2D eigenvalue weighted by Crippen LogP contribution is -2.00. The molecule has 1 aromatic rings. The van der Waals surface area contributed by atoms with Crippen LogP contribution in [0.4, 0.5) is 0 Å². The number of methoxy groups -OCH3 is 1. The molecule has 0 atom stereocenters. The second-order valence-electron chi connectivity index (χ2n) is 2.98. The maximum atomic E-state index is 11.3. The fourth-order valence-corrected chi connectivity index (χ4v) is 3.04. The molecule has 78 valence electrons. The van der Waals surface area contributed by atoms with Gasteiger partial charge in [0.05, 0.1) is 12.0 Å². The summed E-state index contributed by atoms with van der Waals surface area (Å²) in [6.07, 6.45) is 0. The Bertz CT molecular complexity index is 451. The highest BCUT2D eigenvalue weighted by molar-refractivity contribution is 8.13. The summed E-state index contributed by atoms with van der Waals surface area (Å²) in [5, 5.41) is 0. The summed E-state index contributed by atoms with van der Waals surface area (Å²) < 4.78 is 27.5. The molecule has 0 radical (unpaired) electrons. The Morgan fingerprint density at radius 1 is 1.29 bits per heavy atom. The minimum atomic E-state index is -3.70. The van der Waals surface area contributed by atoms with Crippen LogP contribution in [0.5, 0.6) is 5.75 Å². The van der Waals surface area contributed by atoms with Crippen molar-refractivity contribution in [1.29, 1.82) is 0 Å². The normalized spacial score (nSPS) is 11.4. The van der Waals surface area contributed by atoms with Gasteiger partial charge in [0.2, 0.25) is 0 Å². The summed E-state index contributed by atoms with van der Waals surface area (Å²) >= 11 is 0. The number of hydrogen-bond donors (Lipinski definition) is 0. The van der Waals surface area contributed by atoms with Gasteiger partial charge in [0, 0.05) is 16.2 Å². The molecule has 0 N–H and O–H groups in total. The van der Waals surface area contributed by atoms with Gasteiger partial charge < -0.3 is 4.74 Å². The topological polar surface area (TPSA) is 43.4 Å². The van der Waals surface area contributed by atoms with Gasteiger partial charge in [-0.1, -0.05) is 6.07 Å².